The zero-order valence-corrected chi connectivity index (χ0v) is 12.0. The van der Waals surface area contributed by atoms with E-state index in [4.69, 9.17) is 21.7 Å². The van der Waals surface area contributed by atoms with Gasteiger partial charge in [-0.15, -0.1) is 0 Å². The van der Waals surface area contributed by atoms with Gasteiger partial charge in [0.15, 0.2) is 5.11 Å². The summed E-state index contributed by atoms with van der Waals surface area (Å²) in [6, 6.07) is 0.243. The predicted octanol–water partition coefficient (Wildman–Crippen LogP) is 1.25. The highest BCUT2D eigenvalue weighted by Gasteiger charge is 2.27. The van der Waals surface area contributed by atoms with Gasteiger partial charge in [0.05, 0.1) is 12.7 Å². The summed E-state index contributed by atoms with van der Waals surface area (Å²) >= 11 is 5.41. The van der Waals surface area contributed by atoms with Crippen molar-refractivity contribution in [3.05, 3.63) is 0 Å². The Morgan fingerprint density at radius 3 is 2.82 bits per heavy atom. The van der Waals surface area contributed by atoms with Crippen molar-refractivity contribution in [3.8, 4) is 0 Å². The molecule has 1 rings (SSSR count). The molecule has 4 nitrogen and oxygen atoms in total. The van der Waals surface area contributed by atoms with Gasteiger partial charge in [-0.25, -0.2) is 0 Å². The number of nitrogens with zero attached hydrogens (tertiary/aromatic N) is 1. The first-order valence-corrected chi connectivity index (χ1v) is 6.56. The summed E-state index contributed by atoms with van der Waals surface area (Å²) in [5, 5.41) is 4.10. The summed E-state index contributed by atoms with van der Waals surface area (Å²) in [6.07, 6.45) is 1.40. The third-order valence-corrected chi connectivity index (χ3v) is 3.64. The summed E-state index contributed by atoms with van der Waals surface area (Å²) < 4.78 is 10.6. The molecule has 1 saturated heterocycles. The van der Waals surface area contributed by atoms with Gasteiger partial charge >= 0.3 is 0 Å². The molecule has 0 spiro atoms. The lowest BCUT2D eigenvalue weighted by Gasteiger charge is -2.38. The van der Waals surface area contributed by atoms with Crippen molar-refractivity contribution in [2.75, 3.05) is 33.9 Å². The first-order chi connectivity index (χ1) is 8.08. The van der Waals surface area contributed by atoms with E-state index in [1.54, 1.807) is 14.2 Å². The van der Waals surface area contributed by atoms with Crippen LogP contribution in [0.3, 0.4) is 0 Å². The van der Waals surface area contributed by atoms with Crippen LogP contribution >= 0.6 is 12.2 Å². The summed E-state index contributed by atoms with van der Waals surface area (Å²) in [6.45, 7) is 6.85. The van der Waals surface area contributed by atoms with Crippen LogP contribution in [-0.2, 0) is 9.47 Å². The molecule has 1 N–H and O–H groups in total. The Balaban J connectivity index is 2.42. The Labute approximate surface area is 110 Å². The smallest absolute Gasteiger partial charge is 0.169 e. The summed E-state index contributed by atoms with van der Waals surface area (Å²) in [5.74, 6) is 0.607. The van der Waals surface area contributed by atoms with Gasteiger partial charge in [0, 0.05) is 33.4 Å². The molecule has 100 valence electrons. The molecular weight excluding hydrogens is 236 g/mol. The van der Waals surface area contributed by atoms with Crippen LogP contribution in [0.4, 0.5) is 0 Å². The third-order valence-electron chi connectivity index (χ3n) is 3.27. The van der Waals surface area contributed by atoms with Crippen molar-refractivity contribution in [2.24, 2.45) is 5.92 Å². The molecule has 0 saturated carbocycles. The van der Waals surface area contributed by atoms with Crippen LogP contribution in [0.2, 0.25) is 0 Å². The molecule has 1 heterocycles. The van der Waals surface area contributed by atoms with Gasteiger partial charge in [-0.2, -0.15) is 0 Å². The van der Waals surface area contributed by atoms with Crippen molar-refractivity contribution < 1.29 is 9.47 Å². The minimum atomic E-state index is 0.243. The zero-order valence-electron chi connectivity index (χ0n) is 11.2. The van der Waals surface area contributed by atoms with Gasteiger partial charge in [0.1, 0.15) is 0 Å². The lowest BCUT2D eigenvalue weighted by atomic mass is 9.96. The number of piperidine rings is 1. The van der Waals surface area contributed by atoms with Gasteiger partial charge in [0.25, 0.3) is 0 Å². The summed E-state index contributed by atoms with van der Waals surface area (Å²) in [5.41, 5.74) is 0. The van der Waals surface area contributed by atoms with Crippen molar-refractivity contribution in [1.82, 2.24) is 10.2 Å². The maximum atomic E-state index is 5.48. The fraction of sp³-hybridized carbons (Fsp3) is 0.917. The molecule has 5 heteroatoms. The second-order valence-corrected chi connectivity index (χ2v) is 5.18. The Hall–Kier alpha value is -0.390. The van der Waals surface area contributed by atoms with Gasteiger partial charge in [-0.1, -0.05) is 6.92 Å². The first-order valence-electron chi connectivity index (χ1n) is 6.15. The minimum absolute atomic E-state index is 0.243. The van der Waals surface area contributed by atoms with E-state index in [0.29, 0.717) is 12.5 Å². The number of hydrogen-bond acceptors (Lipinski definition) is 3. The van der Waals surface area contributed by atoms with Crippen LogP contribution in [0.5, 0.6) is 0 Å². The van der Waals surface area contributed by atoms with Gasteiger partial charge in [-0.05, 0) is 31.5 Å². The summed E-state index contributed by atoms with van der Waals surface area (Å²) in [4.78, 5) is 2.19. The Kier molecular flexibility index (Phi) is 6.16. The molecular formula is C12H24N2O2S. The molecule has 0 amide bonds. The van der Waals surface area contributed by atoms with E-state index in [0.717, 1.165) is 24.6 Å². The molecule has 0 bridgehead atoms. The van der Waals surface area contributed by atoms with Crippen LogP contribution in [0.25, 0.3) is 0 Å². The Bertz CT molecular complexity index is 251. The zero-order chi connectivity index (χ0) is 12.8. The fourth-order valence-corrected chi connectivity index (χ4v) is 2.49. The van der Waals surface area contributed by atoms with E-state index >= 15 is 0 Å². The number of nitrogens with one attached hydrogen (secondary N) is 1. The number of rotatable bonds is 4. The first kappa shape index (κ1) is 14.7. The minimum Gasteiger partial charge on any atom is -0.383 e. The van der Waals surface area contributed by atoms with E-state index < -0.39 is 0 Å². The largest absolute Gasteiger partial charge is 0.383 e. The molecule has 0 aromatic heterocycles. The van der Waals surface area contributed by atoms with Gasteiger partial charge in [0.2, 0.25) is 0 Å². The van der Waals surface area contributed by atoms with Gasteiger partial charge in [-0.3, -0.25) is 0 Å². The number of methoxy groups -OCH3 is 2. The average molecular weight is 260 g/mol. The van der Waals surface area contributed by atoms with E-state index in [9.17, 15) is 0 Å². The van der Waals surface area contributed by atoms with Crippen LogP contribution < -0.4 is 5.32 Å². The molecule has 3 atom stereocenters. The molecule has 1 aliphatic heterocycles. The average Bonchev–Trinajstić information content (AvgIpc) is 2.29. The molecule has 0 aromatic rings. The van der Waals surface area contributed by atoms with E-state index in [2.05, 4.69) is 24.1 Å². The quantitative estimate of drug-likeness (QED) is 0.770. The second-order valence-electron chi connectivity index (χ2n) is 4.79. The molecule has 1 aliphatic rings. The maximum Gasteiger partial charge on any atom is 0.169 e. The van der Waals surface area contributed by atoms with Crippen molar-refractivity contribution in [3.63, 3.8) is 0 Å². The predicted molar refractivity (Wildman–Crippen MR) is 73.2 cm³/mol. The highest BCUT2D eigenvalue weighted by atomic mass is 32.1. The third kappa shape index (κ3) is 4.41. The van der Waals surface area contributed by atoms with Crippen LogP contribution in [0, 0.1) is 5.92 Å². The lowest BCUT2D eigenvalue weighted by Crippen LogP contribution is -2.52. The van der Waals surface area contributed by atoms with Crippen molar-refractivity contribution >= 4 is 17.3 Å². The van der Waals surface area contributed by atoms with Crippen LogP contribution in [0.1, 0.15) is 20.3 Å². The number of likely N-dealkylation sites (tertiary alicyclic amines) is 1. The molecule has 0 radical (unpaired) electrons. The molecule has 17 heavy (non-hydrogen) atoms. The second kappa shape index (κ2) is 7.13. The standard InChI is InChI=1S/C12H24N2O2S/c1-9-5-6-14(7-11(9)16-4)12(17)13-10(2)8-15-3/h9-11H,5-8H2,1-4H3,(H,13,17). The van der Waals surface area contributed by atoms with E-state index in [-0.39, 0.29) is 12.1 Å². The normalized spacial score (nSPS) is 26.7. The number of ether oxygens (including phenoxy) is 2. The van der Waals surface area contributed by atoms with Gasteiger partial charge < -0.3 is 19.7 Å². The number of thiocarbonyl (C=S) groups is 1. The molecule has 1 fully saturated rings. The molecule has 0 aliphatic carbocycles. The number of hydrogen-bond donors (Lipinski definition) is 1. The Morgan fingerprint density at radius 2 is 2.24 bits per heavy atom. The monoisotopic (exact) mass is 260 g/mol. The maximum absolute atomic E-state index is 5.48. The van der Waals surface area contributed by atoms with Crippen LogP contribution in [-0.4, -0.2) is 56.1 Å². The van der Waals surface area contributed by atoms with Crippen LogP contribution in [0.15, 0.2) is 0 Å². The van der Waals surface area contributed by atoms with E-state index in [1.165, 1.54) is 0 Å². The SMILES string of the molecule is COCC(C)NC(=S)N1CCC(C)C(OC)C1. The van der Waals surface area contributed by atoms with Crippen molar-refractivity contribution in [1.29, 1.82) is 0 Å². The Morgan fingerprint density at radius 1 is 1.53 bits per heavy atom. The fourth-order valence-electron chi connectivity index (χ4n) is 2.12. The summed E-state index contributed by atoms with van der Waals surface area (Å²) in [7, 11) is 3.47. The topological polar surface area (TPSA) is 33.7 Å². The van der Waals surface area contributed by atoms with Crippen molar-refractivity contribution in [2.45, 2.75) is 32.4 Å². The lowest BCUT2D eigenvalue weighted by molar-refractivity contribution is 0.0144. The molecule has 0 aromatic carbocycles. The van der Waals surface area contributed by atoms with E-state index in [1.807, 2.05) is 0 Å². The molecule has 3 unspecified atom stereocenters. The highest BCUT2D eigenvalue weighted by Crippen LogP contribution is 2.19. The highest BCUT2D eigenvalue weighted by molar-refractivity contribution is 7.80.